The van der Waals surface area contributed by atoms with Crippen LogP contribution in [-0.2, 0) is 33.3 Å². The largest absolute Gasteiger partial charge is 0.481 e. The lowest BCUT2D eigenvalue weighted by atomic mass is 9.94. The first kappa shape index (κ1) is 24.1. The van der Waals surface area contributed by atoms with Crippen molar-refractivity contribution in [1.82, 2.24) is 19.5 Å². The van der Waals surface area contributed by atoms with E-state index in [1.807, 2.05) is 0 Å². The van der Waals surface area contributed by atoms with Gasteiger partial charge in [-0.15, -0.1) is 0 Å². The van der Waals surface area contributed by atoms with E-state index in [1.54, 1.807) is 0 Å². The lowest BCUT2D eigenvalue weighted by Gasteiger charge is -2.23. The number of imidazole rings is 1. The summed E-state index contributed by atoms with van der Waals surface area (Å²) < 4.78 is 23.4. The van der Waals surface area contributed by atoms with E-state index >= 15 is 0 Å². The van der Waals surface area contributed by atoms with Gasteiger partial charge in [0.2, 0.25) is 5.28 Å². The molecule has 2 fully saturated rings. The van der Waals surface area contributed by atoms with E-state index in [4.69, 9.17) is 30.5 Å². The normalized spacial score (nSPS) is 26.5. The molecule has 13 nitrogen and oxygen atoms in total. The zero-order valence-corrected chi connectivity index (χ0v) is 19.2. The third kappa shape index (κ3) is 5.05. The van der Waals surface area contributed by atoms with Crippen LogP contribution in [0.2, 0.25) is 5.28 Å². The first-order valence-electron chi connectivity index (χ1n) is 10.6. The molecule has 184 valence electrons. The number of aromatic nitrogens is 4. The van der Waals surface area contributed by atoms with Crippen LogP contribution in [0, 0.1) is 5.92 Å². The summed E-state index contributed by atoms with van der Waals surface area (Å²) in [5.74, 6) is -2.71. The van der Waals surface area contributed by atoms with Crippen LogP contribution < -0.4 is 5.32 Å². The summed E-state index contributed by atoms with van der Waals surface area (Å²) in [5.41, 5.74) is 0.661. The molecule has 0 spiro atoms. The SMILES string of the molecule is CC(=O)OC[C@@H]1O[C@@H](n2c(Cl)nc3c(N[C@@H]4CCOC4)ncnc32)[C@@H](OC(C)=O)[C@@H]1CC(=O)O. The number of fused-ring (bicyclic) bond motifs is 1. The number of hydrogen-bond donors (Lipinski definition) is 2. The summed E-state index contributed by atoms with van der Waals surface area (Å²) in [6.07, 6.45) is -1.26. The number of nitrogens with zero attached hydrogens (tertiary/aromatic N) is 4. The van der Waals surface area contributed by atoms with Crippen LogP contribution in [0.4, 0.5) is 5.82 Å². The van der Waals surface area contributed by atoms with E-state index in [0.29, 0.717) is 30.2 Å². The van der Waals surface area contributed by atoms with Crippen molar-refractivity contribution in [2.75, 3.05) is 25.1 Å². The lowest BCUT2D eigenvalue weighted by molar-refractivity contribution is -0.155. The Kier molecular flexibility index (Phi) is 7.14. The minimum absolute atomic E-state index is 0.0226. The standard InChI is InChI=1S/C20H24ClN5O8/c1-9(27)32-7-13-12(5-14(29)30)16(33-10(2)28)19(34-13)26-18-15(25-20(26)21)17(22-8-23-18)24-11-3-4-31-6-11/h8,11-13,16,19H,3-7H2,1-2H3,(H,29,30)(H,22,23,24)/t11-,12-,13+,16+,19-/m1/s1. The van der Waals surface area contributed by atoms with Gasteiger partial charge in [-0.2, -0.15) is 0 Å². The van der Waals surface area contributed by atoms with Gasteiger partial charge < -0.3 is 29.4 Å². The van der Waals surface area contributed by atoms with Crippen LogP contribution in [0.25, 0.3) is 11.2 Å². The second-order valence-electron chi connectivity index (χ2n) is 8.05. The number of ether oxygens (including phenoxy) is 4. The number of halogens is 1. The molecule has 0 radical (unpaired) electrons. The lowest BCUT2D eigenvalue weighted by Crippen LogP contribution is -2.34. The van der Waals surface area contributed by atoms with Gasteiger partial charge in [0.05, 0.1) is 19.1 Å². The summed E-state index contributed by atoms with van der Waals surface area (Å²) in [7, 11) is 0. The number of nitrogens with one attached hydrogen (secondary N) is 1. The van der Waals surface area contributed by atoms with Gasteiger partial charge in [0.1, 0.15) is 19.0 Å². The van der Waals surface area contributed by atoms with Crippen LogP contribution in [0.3, 0.4) is 0 Å². The van der Waals surface area contributed by atoms with Gasteiger partial charge >= 0.3 is 17.9 Å². The molecule has 14 heteroatoms. The van der Waals surface area contributed by atoms with Gasteiger partial charge in [0.25, 0.3) is 0 Å². The quantitative estimate of drug-likeness (QED) is 0.395. The fourth-order valence-corrected chi connectivity index (χ4v) is 4.45. The minimum Gasteiger partial charge on any atom is -0.481 e. The molecule has 0 aliphatic carbocycles. The molecular formula is C20H24ClN5O8. The second kappa shape index (κ2) is 10.1. The van der Waals surface area contributed by atoms with Crippen LogP contribution in [-0.4, -0.2) is 80.6 Å². The van der Waals surface area contributed by atoms with Crippen molar-refractivity contribution >= 4 is 46.5 Å². The molecule has 2 aromatic rings. The van der Waals surface area contributed by atoms with E-state index in [1.165, 1.54) is 24.7 Å². The van der Waals surface area contributed by atoms with Gasteiger partial charge in [-0.3, -0.25) is 19.0 Å². The number of anilines is 1. The van der Waals surface area contributed by atoms with E-state index in [2.05, 4.69) is 20.3 Å². The fraction of sp³-hybridized carbons (Fsp3) is 0.600. The van der Waals surface area contributed by atoms with E-state index in [-0.39, 0.29) is 17.9 Å². The van der Waals surface area contributed by atoms with E-state index < -0.39 is 48.7 Å². The summed E-state index contributed by atoms with van der Waals surface area (Å²) in [5, 5.41) is 12.7. The molecule has 0 bridgehead atoms. The molecule has 4 rings (SSSR count). The van der Waals surface area contributed by atoms with Gasteiger partial charge in [-0.25, -0.2) is 15.0 Å². The maximum absolute atomic E-state index is 11.9. The fourth-order valence-electron chi connectivity index (χ4n) is 4.19. The highest BCUT2D eigenvalue weighted by Crippen LogP contribution is 2.41. The van der Waals surface area contributed by atoms with Gasteiger partial charge in [0, 0.05) is 26.4 Å². The third-order valence-corrected chi connectivity index (χ3v) is 5.88. The second-order valence-corrected chi connectivity index (χ2v) is 8.39. The van der Waals surface area contributed by atoms with Crippen LogP contribution >= 0.6 is 11.6 Å². The first-order chi connectivity index (χ1) is 16.2. The number of hydrogen-bond acceptors (Lipinski definition) is 11. The number of aliphatic carboxylic acids is 1. The van der Waals surface area contributed by atoms with Crippen molar-refractivity contribution in [3.8, 4) is 0 Å². The Morgan fingerprint density at radius 2 is 2.09 bits per heavy atom. The topological polar surface area (TPSA) is 164 Å². The van der Waals surface area contributed by atoms with Crippen molar-refractivity contribution in [1.29, 1.82) is 0 Å². The smallest absolute Gasteiger partial charge is 0.303 e. The third-order valence-electron chi connectivity index (χ3n) is 5.62. The average Bonchev–Trinajstić information content (AvgIpc) is 3.45. The minimum atomic E-state index is -1.13. The van der Waals surface area contributed by atoms with Gasteiger partial charge in [-0.05, 0) is 18.0 Å². The Bertz CT molecular complexity index is 1090. The van der Waals surface area contributed by atoms with Crippen molar-refractivity contribution in [2.24, 2.45) is 5.92 Å². The van der Waals surface area contributed by atoms with Crippen molar-refractivity contribution in [3.05, 3.63) is 11.6 Å². The molecule has 0 aromatic carbocycles. The number of esters is 2. The van der Waals surface area contributed by atoms with Crippen LogP contribution in [0.15, 0.2) is 6.33 Å². The first-order valence-corrected chi connectivity index (χ1v) is 11.0. The number of carbonyl (C=O) groups is 3. The molecule has 2 aliphatic heterocycles. The average molecular weight is 498 g/mol. The number of carbonyl (C=O) groups excluding carboxylic acids is 2. The molecule has 2 N–H and O–H groups in total. The highest BCUT2D eigenvalue weighted by atomic mass is 35.5. The molecule has 2 aliphatic rings. The van der Waals surface area contributed by atoms with Crippen molar-refractivity contribution in [3.63, 3.8) is 0 Å². The number of carboxylic acid groups (broad SMARTS) is 1. The van der Waals surface area contributed by atoms with Crippen molar-refractivity contribution in [2.45, 2.75) is 51.2 Å². The Hall–Kier alpha value is -3.03. The van der Waals surface area contributed by atoms with Crippen LogP contribution in [0.1, 0.15) is 32.9 Å². The molecule has 2 aromatic heterocycles. The summed E-state index contributed by atoms with van der Waals surface area (Å²) >= 11 is 6.48. The van der Waals surface area contributed by atoms with E-state index in [9.17, 15) is 19.5 Å². The molecule has 2 saturated heterocycles. The van der Waals surface area contributed by atoms with Crippen molar-refractivity contribution < 1.29 is 38.4 Å². The van der Waals surface area contributed by atoms with E-state index in [0.717, 1.165) is 6.42 Å². The Morgan fingerprint density at radius 1 is 1.29 bits per heavy atom. The number of carboxylic acids is 1. The number of rotatable bonds is 8. The molecule has 0 saturated carbocycles. The highest BCUT2D eigenvalue weighted by molar-refractivity contribution is 6.29. The predicted molar refractivity (Wildman–Crippen MR) is 115 cm³/mol. The summed E-state index contributed by atoms with van der Waals surface area (Å²) in [4.78, 5) is 47.8. The molecule has 5 atom stereocenters. The molecule has 0 unspecified atom stereocenters. The Balaban J connectivity index is 1.73. The van der Waals surface area contributed by atoms with Gasteiger partial charge in [-0.1, -0.05) is 0 Å². The molecular weight excluding hydrogens is 474 g/mol. The summed E-state index contributed by atoms with van der Waals surface area (Å²) in [6.45, 7) is 3.36. The summed E-state index contributed by atoms with van der Waals surface area (Å²) in [6, 6.07) is 0.0478. The monoisotopic (exact) mass is 497 g/mol. The maximum Gasteiger partial charge on any atom is 0.303 e. The molecule has 4 heterocycles. The Morgan fingerprint density at radius 3 is 2.74 bits per heavy atom. The molecule has 34 heavy (non-hydrogen) atoms. The van der Waals surface area contributed by atoms with Crippen LogP contribution in [0.5, 0.6) is 0 Å². The Labute approximate surface area is 198 Å². The maximum atomic E-state index is 11.9. The zero-order valence-electron chi connectivity index (χ0n) is 18.5. The zero-order chi connectivity index (χ0) is 24.4. The molecule has 0 amide bonds. The predicted octanol–water partition coefficient (Wildman–Crippen LogP) is 1.16. The highest BCUT2D eigenvalue weighted by Gasteiger charge is 2.50. The van der Waals surface area contributed by atoms with Gasteiger partial charge in [0.15, 0.2) is 29.3 Å².